The minimum Gasteiger partial charge on any atom is -0.482 e. The molecule has 2 rings (SSSR count). The lowest BCUT2D eigenvalue weighted by molar-refractivity contribution is -0.145. The predicted octanol–water partition coefficient (Wildman–Crippen LogP) is 3.42. The fourth-order valence-electron chi connectivity index (χ4n) is 2.07. The van der Waals surface area contributed by atoms with Crippen molar-refractivity contribution in [3.05, 3.63) is 71.3 Å². The van der Waals surface area contributed by atoms with Crippen molar-refractivity contribution in [2.45, 2.75) is 6.92 Å². The second-order valence-corrected chi connectivity index (χ2v) is 5.03. The number of hydrogen-bond acceptors (Lipinski definition) is 5. The van der Waals surface area contributed by atoms with Crippen molar-refractivity contribution in [3.63, 3.8) is 0 Å². The third-order valence-electron chi connectivity index (χ3n) is 3.25. The van der Waals surface area contributed by atoms with Crippen LogP contribution in [0, 0.1) is 11.3 Å². The summed E-state index contributed by atoms with van der Waals surface area (Å²) in [4.78, 5) is 23.6. The average molecular weight is 335 g/mol. The molecule has 0 atom stereocenters. The van der Waals surface area contributed by atoms with E-state index in [1.165, 1.54) is 6.08 Å². The lowest BCUT2D eigenvalue weighted by Crippen LogP contribution is -2.14. The molecule has 0 aliphatic heterocycles. The van der Waals surface area contributed by atoms with Gasteiger partial charge in [0, 0.05) is 5.56 Å². The smallest absolute Gasteiger partial charge is 0.344 e. The van der Waals surface area contributed by atoms with Gasteiger partial charge in [0.2, 0.25) is 5.78 Å². The SMILES string of the molecule is CCOC(=O)COc1ccc(/C=C(\C#N)C(=O)c2ccccc2)cc1. The van der Waals surface area contributed by atoms with Crippen molar-refractivity contribution in [3.8, 4) is 11.8 Å². The van der Waals surface area contributed by atoms with Crippen molar-refractivity contribution in [2.75, 3.05) is 13.2 Å². The number of esters is 1. The van der Waals surface area contributed by atoms with Crippen LogP contribution in [-0.4, -0.2) is 25.0 Å². The van der Waals surface area contributed by atoms with Crippen molar-refractivity contribution in [2.24, 2.45) is 0 Å². The molecule has 0 saturated carbocycles. The number of allylic oxidation sites excluding steroid dienone is 1. The molecule has 0 aliphatic rings. The first-order valence-electron chi connectivity index (χ1n) is 7.74. The molecule has 0 fully saturated rings. The maximum absolute atomic E-state index is 12.3. The van der Waals surface area contributed by atoms with Gasteiger partial charge in [0.1, 0.15) is 17.4 Å². The van der Waals surface area contributed by atoms with Crippen LogP contribution in [0.4, 0.5) is 0 Å². The van der Waals surface area contributed by atoms with E-state index in [4.69, 9.17) is 9.47 Å². The molecule has 126 valence electrons. The maximum Gasteiger partial charge on any atom is 0.344 e. The number of nitriles is 1. The Bertz CT molecular complexity index is 802. The minimum atomic E-state index is -0.438. The fourth-order valence-corrected chi connectivity index (χ4v) is 2.07. The Morgan fingerprint density at radius 3 is 2.36 bits per heavy atom. The highest BCUT2D eigenvalue weighted by Crippen LogP contribution is 2.16. The van der Waals surface area contributed by atoms with Crippen LogP contribution in [0.1, 0.15) is 22.8 Å². The van der Waals surface area contributed by atoms with Crippen molar-refractivity contribution < 1.29 is 19.1 Å². The molecular formula is C20H17NO4. The number of nitrogens with zero attached hydrogens (tertiary/aromatic N) is 1. The number of ether oxygens (including phenoxy) is 2. The van der Waals surface area contributed by atoms with Crippen molar-refractivity contribution in [1.29, 1.82) is 5.26 Å². The molecule has 0 radical (unpaired) electrons. The van der Waals surface area contributed by atoms with Crippen LogP contribution in [0.5, 0.6) is 5.75 Å². The lowest BCUT2D eigenvalue weighted by Gasteiger charge is -2.06. The average Bonchev–Trinajstić information content (AvgIpc) is 2.66. The first kappa shape index (κ1) is 18.0. The van der Waals surface area contributed by atoms with Gasteiger partial charge in [0.05, 0.1) is 6.61 Å². The third kappa shape index (κ3) is 5.33. The van der Waals surface area contributed by atoms with E-state index < -0.39 is 5.97 Å². The van der Waals surface area contributed by atoms with Gasteiger partial charge in [-0.1, -0.05) is 42.5 Å². The van der Waals surface area contributed by atoms with Gasteiger partial charge in [-0.25, -0.2) is 4.79 Å². The van der Waals surface area contributed by atoms with E-state index in [1.807, 2.05) is 12.1 Å². The molecule has 0 N–H and O–H groups in total. The predicted molar refractivity (Wildman–Crippen MR) is 92.9 cm³/mol. The van der Waals surface area contributed by atoms with E-state index in [0.717, 1.165) is 0 Å². The molecule has 0 aromatic heterocycles. The Hall–Kier alpha value is -3.39. The first-order valence-corrected chi connectivity index (χ1v) is 7.74. The first-order chi connectivity index (χ1) is 12.1. The Labute approximate surface area is 146 Å². The summed E-state index contributed by atoms with van der Waals surface area (Å²) < 4.78 is 10.1. The zero-order valence-electron chi connectivity index (χ0n) is 13.8. The number of ketones is 1. The Kier molecular flexibility index (Phi) is 6.49. The maximum atomic E-state index is 12.3. The molecule has 0 spiro atoms. The van der Waals surface area contributed by atoms with Gasteiger partial charge in [-0.3, -0.25) is 4.79 Å². The van der Waals surface area contributed by atoms with Crippen LogP contribution in [0.25, 0.3) is 6.08 Å². The Balaban J connectivity index is 2.08. The minimum absolute atomic E-state index is 0.0476. The van der Waals surface area contributed by atoms with Crippen molar-refractivity contribution in [1.82, 2.24) is 0 Å². The van der Waals surface area contributed by atoms with E-state index in [1.54, 1.807) is 55.5 Å². The summed E-state index contributed by atoms with van der Waals surface area (Å²) in [6.07, 6.45) is 1.52. The largest absolute Gasteiger partial charge is 0.482 e. The summed E-state index contributed by atoms with van der Waals surface area (Å²) in [5.74, 6) is -0.268. The van der Waals surface area contributed by atoms with Crippen LogP contribution in [-0.2, 0) is 9.53 Å². The van der Waals surface area contributed by atoms with E-state index in [-0.39, 0.29) is 18.0 Å². The lowest BCUT2D eigenvalue weighted by atomic mass is 10.0. The van der Waals surface area contributed by atoms with Crippen molar-refractivity contribution >= 4 is 17.8 Å². The number of carbonyl (C=O) groups excluding carboxylic acids is 2. The zero-order chi connectivity index (χ0) is 18.1. The summed E-state index contributed by atoms with van der Waals surface area (Å²) in [5, 5.41) is 9.25. The van der Waals surface area contributed by atoms with Gasteiger partial charge < -0.3 is 9.47 Å². The number of hydrogen-bond donors (Lipinski definition) is 0. The molecule has 2 aromatic rings. The molecule has 0 aliphatic carbocycles. The van der Waals surface area contributed by atoms with Crippen LogP contribution < -0.4 is 4.74 Å². The normalized spacial score (nSPS) is 10.6. The topological polar surface area (TPSA) is 76.4 Å². The van der Waals surface area contributed by atoms with Crippen LogP contribution in [0.15, 0.2) is 60.2 Å². The molecule has 5 heteroatoms. The number of carbonyl (C=O) groups is 2. The van der Waals surface area contributed by atoms with E-state index >= 15 is 0 Å². The molecule has 0 bridgehead atoms. The Morgan fingerprint density at radius 1 is 1.08 bits per heavy atom. The molecule has 0 unspecified atom stereocenters. The van der Waals surface area contributed by atoms with Gasteiger partial charge in [-0.2, -0.15) is 5.26 Å². The van der Waals surface area contributed by atoms with Gasteiger partial charge in [-0.05, 0) is 30.7 Å². The van der Waals surface area contributed by atoms with Gasteiger partial charge in [-0.15, -0.1) is 0 Å². The second-order valence-electron chi connectivity index (χ2n) is 5.03. The van der Waals surface area contributed by atoms with E-state index in [9.17, 15) is 14.9 Å². The molecule has 0 heterocycles. The summed E-state index contributed by atoms with van der Waals surface area (Å²) in [5.41, 5.74) is 1.19. The highest BCUT2D eigenvalue weighted by molar-refractivity contribution is 6.14. The summed E-state index contributed by atoms with van der Waals surface area (Å²) >= 11 is 0. The van der Waals surface area contributed by atoms with Gasteiger partial charge in [0.25, 0.3) is 0 Å². The fraction of sp³-hybridized carbons (Fsp3) is 0.150. The number of benzene rings is 2. The van der Waals surface area contributed by atoms with E-state index in [0.29, 0.717) is 23.5 Å². The summed E-state index contributed by atoms with van der Waals surface area (Å²) in [6.45, 7) is 1.86. The highest BCUT2D eigenvalue weighted by Gasteiger charge is 2.11. The van der Waals surface area contributed by atoms with Gasteiger partial charge in [0.15, 0.2) is 6.61 Å². The molecule has 5 nitrogen and oxygen atoms in total. The second kappa shape index (κ2) is 9.04. The van der Waals surface area contributed by atoms with Crippen LogP contribution in [0.2, 0.25) is 0 Å². The zero-order valence-corrected chi connectivity index (χ0v) is 13.8. The third-order valence-corrected chi connectivity index (χ3v) is 3.25. The van der Waals surface area contributed by atoms with E-state index in [2.05, 4.69) is 0 Å². The molecule has 0 amide bonds. The molecule has 2 aromatic carbocycles. The van der Waals surface area contributed by atoms with Crippen LogP contribution in [0.3, 0.4) is 0 Å². The molecule has 25 heavy (non-hydrogen) atoms. The number of Topliss-reactive ketones (excluding diaryl/α,β-unsaturated/α-hetero) is 1. The van der Waals surface area contributed by atoms with Crippen LogP contribution >= 0.6 is 0 Å². The summed E-state index contributed by atoms with van der Waals surface area (Å²) in [7, 11) is 0. The molecular weight excluding hydrogens is 318 g/mol. The quantitative estimate of drug-likeness (QED) is 0.335. The number of rotatable bonds is 7. The summed E-state index contributed by atoms with van der Waals surface area (Å²) in [6, 6.07) is 17.3. The Morgan fingerprint density at radius 2 is 1.76 bits per heavy atom. The highest BCUT2D eigenvalue weighted by atomic mass is 16.6. The standard InChI is InChI=1S/C20H17NO4/c1-2-24-19(22)14-25-18-10-8-15(9-11-18)12-17(13-21)20(23)16-6-4-3-5-7-16/h3-12H,2,14H2,1H3/b17-12+. The van der Waals surface area contributed by atoms with Gasteiger partial charge >= 0.3 is 5.97 Å². The molecule has 0 saturated heterocycles. The monoisotopic (exact) mass is 335 g/mol.